The molecule has 0 aromatic heterocycles. The van der Waals surface area contributed by atoms with Crippen molar-refractivity contribution < 1.29 is 5.11 Å². The molecule has 1 aromatic rings. The van der Waals surface area contributed by atoms with Gasteiger partial charge in [0.15, 0.2) is 0 Å². The van der Waals surface area contributed by atoms with Crippen molar-refractivity contribution in [3.05, 3.63) is 35.4 Å². The molecule has 1 fully saturated rings. The molecule has 1 aliphatic rings. The van der Waals surface area contributed by atoms with Crippen LogP contribution in [0.25, 0.3) is 0 Å². The number of aliphatic hydroxyl groups is 1. The lowest BCUT2D eigenvalue weighted by molar-refractivity contribution is 0.201. The average molecular weight is 349 g/mol. The Morgan fingerprint density at radius 1 is 0.920 bits per heavy atom. The molecule has 1 aromatic carbocycles. The van der Waals surface area contributed by atoms with Gasteiger partial charge in [-0.25, -0.2) is 0 Å². The Morgan fingerprint density at radius 3 is 2.00 bits per heavy atom. The van der Waals surface area contributed by atoms with Gasteiger partial charge in [-0.2, -0.15) is 0 Å². The highest BCUT2D eigenvalue weighted by atomic mass is 16.3. The zero-order valence-corrected chi connectivity index (χ0v) is 17.7. The normalized spacial score (nSPS) is 18.8. The molecule has 1 nitrogen and oxygen atoms in total. The van der Waals surface area contributed by atoms with Crippen molar-refractivity contribution in [2.45, 2.75) is 98.8 Å². The summed E-state index contributed by atoms with van der Waals surface area (Å²) in [5, 5.41) is 8.74. The zero-order chi connectivity index (χ0) is 18.9. The molecule has 0 bridgehead atoms. The number of hydrogen-bond donors (Lipinski definition) is 1. The van der Waals surface area contributed by atoms with Gasteiger partial charge in [0.1, 0.15) is 0 Å². The van der Waals surface area contributed by atoms with Crippen molar-refractivity contribution >= 4 is 0 Å². The lowest BCUT2D eigenvalue weighted by atomic mass is 10.00. The number of aryl methyl sites for hydroxylation is 2. The Balaban J connectivity index is 0.000000483. The van der Waals surface area contributed by atoms with Gasteiger partial charge in [-0.1, -0.05) is 102 Å². The summed E-state index contributed by atoms with van der Waals surface area (Å²) in [6.45, 7) is 11.1. The summed E-state index contributed by atoms with van der Waals surface area (Å²) in [5.74, 6) is 1.40. The highest BCUT2D eigenvalue weighted by molar-refractivity contribution is 5.21. The number of unbranched alkanes of at least 4 members (excludes halogenated alkanes) is 5. The smallest absolute Gasteiger partial charge is 0.0461 e. The molecule has 0 heterocycles. The van der Waals surface area contributed by atoms with Crippen LogP contribution < -0.4 is 0 Å². The van der Waals surface area contributed by atoms with Gasteiger partial charge in [0, 0.05) is 6.61 Å². The van der Waals surface area contributed by atoms with Crippen LogP contribution in [0.3, 0.4) is 0 Å². The van der Waals surface area contributed by atoms with Crippen LogP contribution in [0.15, 0.2) is 24.3 Å². The maximum absolute atomic E-state index is 8.74. The summed E-state index contributed by atoms with van der Waals surface area (Å²) in [6, 6.07) is 8.96. The van der Waals surface area contributed by atoms with Gasteiger partial charge < -0.3 is 5.11 Å². The first-order valence-corrected chi connectivity index (χ1v) is 10.8. The summed E-state index contributed by atoms with van der Waals surface area (Å²) in [7, 11) is 0. The summed E-state index contributed by atoms with van der Waals surface area (Å²) >= 11 is 0. The number of benzene rings is 1. The molecular formula is C24H44O. The molecule has 0 amide bonds. The van der Waals surface area contributed by atoms with E-state index in [0.717, 1.165) is 5.92 Å². The molecule has 1 saturated carbocycles. The molecule has 1 N–H and O–H groups in total. The maximum Gasteiger partial charge on any atom is 0.0461 e. The first kappa shape index (κ1) is 24.2. The van der Waals surface area contributed by atoms with Gasteiger partial charge in [-0.15, -0.1) is 0 Å². The first-order chi connectivity index (χ1) is 12.2. The van der Waals surface area contributed by atoms with Gasteiger partial charge in [-0.3, -0.25) is 0 Å². The SMILES string of the molecule is CC.CC1CCCC1CO.CCCCCCCCc1ccc(C)cc1. The van der Waals surface area contributed by atoms with E-state index in [1.54, 1.807) is 0 Å². The highest BCUT2D eigenvalue weighted by Crippen LogP contribution is 2.30. The van der Waals surface area contributed by atoms with E-state index in [1.165, 1.54) is 75.3 Å². The summed E-state index contributed by atoms with van der Waals surface area (Å²) < 4.78 is 0. The Hall–Kier alpha value is -0.820. The Bertz CT molecular complexity index is 382. The molecule has 0 aliphatic heterocycles. The van der Waals surface area contributed by atoms with E-state index in [0.29, 0.717) is 12.5 Å². The van der Waals surface area contributed by atoms with Crippen molar-refractivity contribution in [2.24, 2.45) is 11.8 Å². The number of hydrogen-bond acceptors (Lipinski definition) is 1. The van der Waals surface area contributed by atoms with Crippen LogP contribution in [0, 0.1) is 18.8 Å². The van der Waals surface area contributed by atoms with Gasteiger partial charge in [0.05, 0.1) is 0 Å². The number of aliphatic hydroxyl groups excluding tert-OH is 1. The molecule has 25 heavy (non-hydrogen) atoms. The molecule has 1 heteroatoms. The standard InChI is InChI=1S/C15H24.C7H14O.C2H6/c1-3-4-5-6-7-8-9-15-12-10-14(2)11-13-15;1-6-3-2-4-7(6)5-8;1-2/h10-13H,3-9H2,1-2H3;6-8H,2-5H2,1H3;1-2H3. The van der Waals surface area contributed by atoms with Crippen molar-refractivity contribution in [3.8, 4) is 0 Å². The quantitative estimate of drug-likeness (QED) is 0.487. The molecule has 2 rings (SSSR count). The fraction of sp³-hybridized carbons (Fsp3) is 0.750. The van der Waals surface area contributed by atoms with Crippen molar-refractivity contribution in [3.63, 3.8) is 0 Å². The third-order valence-electron chi connectivity index (χ3n) is 5.21. The van der Waals surface area contributed by atoms with E-state index < -0.39 is 0 Å². The minimum absolute atomic E-state index is 0.404. The van der Waals surface area contributed by atoms with Gasteiger partial charge in [0.25, 0.3) is 0 Å². The monoisotopic (exact) mass is 348 g/mol. The topological polar surface area (TPSA) is 20.2 Å². The van der Waals surface area contributed by atoms with Crippen molar-refractivity contribution in [1.29, 1.82) is 0 Å². The average Bonchev–Trinajstić information content (AvgIpc) is 3.07. The maximum atomic E-state index is 8.74. The molecular weight excluding hydrogens is 304 g/mol. The van der Waals surface area contributed by atoms with Gasteiger partial charge >= 0.3 is 0 Å². The Morgan fingerprint density at radius 2 is 1.52 bits per heavy atom. The van der Waals surface area contributed by atoms with E-state index >= 15 is 0 Å². The zero-order valence-electron chi connectivity index (χ0n) is 17.7. The van der Waals surface area contributed by atoms with Crippen LogP contribution in [0.5, 0.6) is 0 Å². The fourth-order valence-electron chi connectivity index (χ4n) is 3.36. The second-order valence-corrected chi connectivity index (χ2v) is 7.35. The Kier molecular flexibility index (Phi) is 16.1. The second kappa shape index (κ2) is 16.6. The van der Waals surface area contributed by atoms with Gasteiger partial charge in [-0.05, 0) is 43.6 Å². The van der Waals surface area contributed by atoms with E-state index in [2.05, 4.69) is 45.0 Å². The molecule has 0 radical (unpaired) electrons. The minimum Gasteiger partial charge on any atom is -0.396 e. The van der Waals surface area contributed by atoms with E-state index in [-0.39, 0.29) is 0 Å². The number of rotatable bonds is 8. The van der Waals surface area contributed by atoms with Gasteiger partial charge in [0.2, 0.25) is 0 Å². The second-order valence-electron chi connectivity index (χ2n) is 7.35. The van der Waals surface area contributed by atoms with Crippen molar-refractivity contribution in [2.75, 3.05) is 6.61 Å². The third kappa shape index (κ3) is 12.2. The summed E-state index contributed by atoms with van der Waals surface area (Å²) in [4.78, 5) is 0. The lowest BCUT2D eigenvalue weighted by Gasteiger charge is -2.09. The van der Waals surface area contributed by atoms with Crippen LogP contribution in [-0.2, 0) is 6.42 Å². The molecule has 146 valence electrons. The predicted octanol–water partition coefficient (Wildman–Crippen LogP) is 7.34. The minimum atomic E-state index is 0.404. The summed E-state index contributed by atoms with van der Waals surface area (Å²) in [5.41, 5.74) is 2.86. The third-order valence-corrected chi connectivity index (χ3v) is 5.21. The molecule has 2 unspecified atom stereocenters. The van der Waals surface area contributed by atoms with Crippen LogP contribution in [0.1, 0.15) is 96.6 Å². The van der Waals surface area contributed by atoms with Crippen molar-refractivity contribution in [1.82, 2.24) is 0 Å². The van der Waals surface area contributed by atoms with Crippen LogP contribution in [-0.4, -0.2) is 11.7 Å². The molecule has 0 saturated heterocycles. The Labute approximate surface area is 158 Å². The van der Waals surface area contributed by atoms with Crippen LogP contribution in [0.2, 0.25) is 0 Å². The molecule has 2 atom stereocenters. The summed E-state index contributed by atoms with van der Waals surface area (Å²) in [6.07, 6.45) is 13.5. The highest BCUT2D eigenvalue weighted by Gasteiger charge is 2.21. The predicted molar refractivity (Wildman–Crippen MR) is 113 cm³/mol. The molecule has 0 spiro atoms. The van der Waals surface area contributed by atoms with E-state index in [9.17, 15) is 0 Å². The largest absolute Gasteiger partial charge is 0.396 e. The fourth-order valence-corrected chi connectivity index (χ4v) is 3.36. The van der Waals surface area contributed by atoms with E-state index in [1.807, 2.05) is 13.8 Å². The van der Waals surface area contributed by atoms with Crippen LogP contribution >= 0.6 is 0 Å². The van der Waals surface area contributed by atoms with Crippen LogP contribution in [0.4, 0.5) is 0 Å². The molecule has 1 aliphatic carbocycles. The van der Waals surface area contributed by atoms with E-state index in [4.69, 9.17) is 5.11 Å². The lowest BCUT2D eigenvalue weighted by Crippen LogP contribution is -2.07. The first-order valence-electron chi connectivity index (χ1n) is 10.8.